The van der Waals surface area contributed by atoms with Crippen LogP contribution in [0.4, 0.5) is 5.69 Å². The summed E-state index contributed by atoms with van der Waals surface area (Å²) < 4.78 is 0. The third-order valence-corrected chi connectivity index (χ3v) is 4.88. The van der Waals surface area contributed by atoms with Gasteiger partial charge in [0.2, 0.25) is 0 Å². The number of nitrogens with zero attached hydrogens (tertiary/aromatic N) is 1. The highest BCUT2D eigenvalue weighted by molar-refractivity contribution is 7.99. The highest BCUT2D eigenvalue weighted by atomic mass is 32.2. The molecule has 0 fully saturated rings. The first kappa shape index (κ1) is 14.4. The molecule has 108 valence electrons. The molecule has 2 aromatic carbocycles. The van der Waals surface area contributed by atoms with Gasteiger partial charge < -0.3 is 10.6 Å². The van der Waals surface area contributed by atoms with Crippen molar-refractivity contribution in [3.05, 3.63) is 59.2 Å². The minimum Gasteiger partial charge on any atom is -0.389 e. The summed E-state index contributed by atoms with van der Waals surface area (Å²) in [5, 5.41) is 0. The van der Waals surface area contributed by atoms with E-state index in [-0.39, 0.29) is 0 Å². The Bertz CT molecular complexity index is 657. The first-order valence-electron chi connectivity index (χ1n) is 7.08. The Hall–Kier alpha value is -1.52. The highest BCUT2D eigenvalue weighted by Crippen LogP contribution is 2.35. The number of hydrogen-bond acceptors (Lipinski definition) is 3. The molecule has 2 aromatic rings. The van der Waals surface area contributed by atoms with Crippen LogP contribution in [0.1, 0.15) is 23.6 Å². The fourth-order valence-electron chi connectivity index (χ4n) is 2.81. The number of anilines is 1. The van der Waals surface area contributed by atoms with Crippen LogP contribution >= 0.6 is 24.0 Å². The SMILES string of the molecule is CCSc1cccc(N2Cc3ccccc3C2)c1C(N)=S. The molecule has 0 spiro atoms. The van der Waals surface area contributed by atoms with Crippen LogP contribution in [-0.4, -0.2) is 10.7 Å². The minimum absolute atomic E-state index is 0.484. The van der Waals surface area contributed by atoms with Crippen molar-refractivity contribution in [3.63, 3.8) is 0 Å². The van der Waals surface area contributed by atoms with E-state index in [1.54, 1.807) is 11.8 Å². The largest absolute Gasteiger partial charge is 0.389 e. The molecule has 0 bridgehead atoms. The molecule has 21 heavy (non-hydrogen) atoms. The predicted octanol–water partition coefficient (Wildman–Crippen LogP) is 3.95. The van der Waals surface area contributed by atoms with Gasteiger partial charge in [-0.1, -0.05) is 49.5 Å². The van der Waals surface area contributed by atoms with Crippen LogP contribution in [0.3, 0.4) is 0 Å². The van der Waals surface area contributed by atoms with Crippen molar-refractivity contribution < 1.29 is 0 Å². The summed E-state index contributed by atoms with van der Waals surface area (Å²) in [5.74, 6) is 1.01. The second-order valence-corrected chi connectivity index (χ2v) is 6.82. The molecule has 4 heteroatoms. The van der Waals surface area contributed by atoms with Crippen molar-refractivity contribution in [2.75, 3.05) is 10.7 Å². The van der Waals surface area contributed by atoms with Crippen LogP contribution in [0.15, 0.2) is 47.4 Å². The van der Waals surface area contributed by atoms with Gasteiger partial charge in [0.05, 0.1) is 0 Å². The van der Waals surface area contributed by atoms with Crippen molar-refractivity contribution in [2.45, 2.75) is 24.9 Å². The highest BCUT2D eigenvalue weighted by Gasteiger charge is 2.22. The van der Waals surface area contributed by atoms with Crippen molar-refractivity contribution in [1.29, 1.82) is 0 Å². The fraction of sp³-hybridized carbons (Fsp3) is 0.235. The Morgan fingerprint density at radius 3 is 2.38 bits per heavy atom. The third-order valence-electron chi connectivity index (χ3n) is 3.73. The summed E-state index contributed by atoms with van der Waals surface area (Å²) >= 11 is 7.10. The zero-order valence-electron chi connectivity index (χ0n) is 12.0. The fourth-order valence-corrected chi connectivity index (χ4v) is 3.93. The lowest BCUT2D eigenvalue weighted by Crippen LogP contribution is -2.21. The molecule has 1 aliphatic heterocycles. The Labute approximate surface area is 135 Å². The van der Waals surface area contributed by atoms with E-state index in [0.29, 0.717) is 4.99 Å². The average Bonchev–Trinajstić information content (AvgIpc) is 2.91. The summed E-state index contributed by atoms with van der Waals surface area (Å²) in [7, 11) is 0. The van der Waals surface area contributed by atoms with E-state index in [1.807, 2.05) is 0 Å². The number of thiocarbonyl (C=S) groups is 1. The van der Waals surface area contributed by atoms with E-state index < -0.39 is 0 Å². The van der Waals surface area contributed by atoms with Crippen LogP contribution < -0.4 is 10.6 Å². The maximum absolute atomic E-state index is 6.01. The molecule has 0 unspecified atom stereocenters. The number of fused-ring (bicyclic) bond motifs is 1. The molecule has 1 aliphatic rings. The van der Waals surface area contributed by atoms with Gasteiger partial charge in [0.15, 0.2) is 0 Å². The Morgan fingerprint density at radius 1 is 1.14 bits per heavy atom. The lowest BCUT2D eigenvalue weighted by atomic mass is 10.1. The molecule has 0 atom stereocenters. The van der Waals surface area contributed by atoms with Gasteiger partial charge in [0.25, 0.3) is 0 Å². The number of thioether (sulfide) groups is 1. The van der Waals surface area contributed by atoms with E-state index in [9.17, 15) is 0 Å². The van der Waals surface area contributed by atoms with Crippen LogP contribution in [0.25, 0.3) is 0 Å². The van der Waals surface area contributed by atoms with E-state index in [1.165, 1.54) is 16.0 Å². The molecule has 2 nitrogen and oxygen atoms in total. The topological polar surface area (TPSA) is 29.3 Å². The first-order valence-corrected chi connectivity index (χ1v) is 8.47. The second kappa shape index (κ2) is 6.08. The van der Waals surface area contributed by atoms with Crippen molar-refractivity contribution in [1.82, 2.24) is 0 Å². The predicted molar refractivity (Wildman–Crippen MR) is 95.1 cm³/mol. The van der Waals surface area contributed by atoms with Crippen LogP contribution in [0.2, 0.25) is 0 Å². The Balaban J connectivity index is 2.00. The monoisotopic (exact) mass is 314 g/mol. The summed E-state index contributed by atoms with van der Waals surface area (Å²) in [6.07, 6.45) is 0. The van der Waals surface area contributed by atoms with Gasteiger partial charge in [-0.25, -0.2) is 0 Å². The second-order valence-electron chi connectivity index (χ2n) is 5.07. The van der Waals surface area contributed by atoms with E-state index in [2.05, 4.69) is 54.3 Å². The molecule has 0 radical (unpaired) electrons. The summed E-state index contributed by atoms with van der Waals surface area (Å²) in [5.41, 5.74) is 11.0. The summed E-state index contributed by atoms with van der Waals surface area (Å²) in [4.78, 5) is 4.02. The van der Waals surface area contributed by atoms with E-state index >= 15 is 0 Å². The van der Waals surface area contributed by atoms with E-state index in [0.717, 1.165) is 30.1 Å². The molecule has 0 aromatic heterocycles. The molecular weight excluding hydrogens is 296 g/mol. The normalized spacial score (nSPS) is 13.3. The Kier molecular flexibility index (Phi) is 4.17. The lowest BCUT2D eigenvalue weighted by molar-refractivity contribution is 0.876. The number of hydrogen-bond donors (Lipinski definition) is 1. The molecule has 0 saturated carbocycles. The van der Waals surface area contributed by atoms with Gasteiger partial charge >= 0.3 is 0 Å². The zero-order chi connectivity index (χ0) is 14.8. The molecule has 1 heterocycles. The van der Waals surface area contributed by atoms with Gasteiger partial charge in [0, 0.05) is 29.2 Å². The number of benzene rings is 2. The van der Waals surface area contributed by atoms with Crippen LogP contribution in [0.5, 0.6) is 0 Å². The maximum atomic E-state index is 6.01. The first-order chi connectivity index (χ1) is 10.2. The molecule has 3 rings (SSSR count). The number of rotatable bonds is 4. The van der Waals surface area contributed by atoms with Gasteiger partial charge in [-0.05, 0) is 29.0 Å². The van der Waals surface area contributed by atoms with E-state index in [4.69, 9.17) is 18.0 Å². The van der Waals surface area contributed by atoms with Crippen molar-refractivity contribution in [3.8, 4) is 0 Å². The zero-order valence-corrected chi connectivity index (χ0v) is 13.6. The third kappa shape index (κ3) is 2.78. The summed E-state index contributed by atoms with van der Waals surface area (Å²) in [6.45, 7) is 3.99. The molecular formula is C17H18N2S2. The smallest absolute Gasteiger partial charge is 0.107 e. The number of nitrogens with two attached hydrogens (primary N) is 1. The van der Waals surface area contributed by atoms with Crippen LogP contribution in [0, 0.1) is 0 Å². The average molecular weight is 314 g/mol. The molecule has 0 amide bonds. The van der Waals surface area contributed by atoms with Gasteiger partial charge in [-0.3, -0.25) is 0 Å². The van der Waals surface area contributed by atoms with Gasteiger partial charge in [-0.15, -0.1) is 11.8 Å². The lowest BCUT2D eigenvalue weighted by Gasteiger charge is -2.23. The molecule has 0 aliphatic carbocycles. The molecule has 2 N–H and O–H groups in total. The van der Waals surface area contributed by atoms with Crippen molar-refractivity contribution in [2.24, 2.45) is 5.73 Å². The standard InChI is InChI=1S/C17H18N2S2/c1-2-21-15-9-5-8-14(16(15)17(18)20)19-10-12-6-3-4-7-13(12)11-19/h3-9H,2,10-11H2,1H3,(H2,18,20). The minimum atomic E-state index is 0.484. The summed E-state index contributed by atoms with van der Waals surface area (Å²) in [6, 6.07) is 14.9. The maximum Gasteiger partial charge on any atom is 0.107 e. The molecule has 0 saturated heterocycles. The van der Waals surface area contributed by atoms with Gasteiger partial charge in [0.1, 0.15) is 4.99 Å². The van der Waals surface area contributed by atoms with Gasteiger partial charge in [-0.2, -0.15) is 0 Å². The Morgan fingerprint density at radius 2 is 1.81 bits per heavy atom. The van der Waals surface area contributed by atoms with Crippen molar-refractivity contribution >= 4 is 34.7 Å². The van der Waals surface area contributed by atoms with Crippen LogP contribution in [-0.2, 0) is 13.1 Å². The quantitative estimate of drug-likeness (QED) is 0.683.